The normalized spacial score (nSPS) is 11.9. The van der Waals surface area contributed by atoms with Crippen molar-refractivity contribution in [1.29, 1.82) is 0 Å². The number of benzene rings is 1. The van der Waals surface area contributed by atoms with Gasteiger partial charge in [-0.15, -0.1) is 12.4 Å². The molecular formula is C13H21Cl2N. The molecule has 92 valence electrons. The van der Waals surface area contributed by atoms with Crippen molar-refractivity contribution in [3.63, 3.8) is 0 Å². The van der Waals surface area contributed by atoms with Crippen LogP contribution < -0.4 is 5.73 Å². The van der Waals surface area contributed by atoms with E-state index < -0.39 is 0 Å². The Balaban J connectivity index is 0.00000225. The van der Waals surface area contributed by atoms with Gasteiger partial charge in [-0.25, -0.2) is 0 Å². The zero-order chi connectivity index (χ0) is 11.1. The van der Waals surface area contributed by atoms with Gasteiger partial charge in [0.05, 0.1) is 0 Å². The summed E-state index contributed by atoms with van der Waals surface area (Å²) in [5.74, 6) is 0. The summed E-state index contributed by atoms with van der Waals surface area (Å²) >= 11 is 5.82. The molecule has 0 heterocycles. The van der Waals surface area contributed by atoms with Crippen molar-refractivity contribution in [2.24, 2.45) is 5.73 Å². The number of aryl methyl sites for hydroxylation is 1. The van der Waals surface area contributed by atoms with Crippen molar-refractivity contribution in [3.8, 4) is 0 Å². The lowest BCUT2D eigenvalue weighted by Crippen LogP contribution is -2.17. The molecule has 0 saturated carbocycles. The first-order valence-corrected chi connectivity index (χ1v) is 6.10. The number of hydrogen-bond donors (Lipinski definition) is 1. The van der Waals surface area contributed by atoms with Gasteiger partial charge in [0.2, 0.25) is 0 Å². The maximum Gasteiger partial charge on any atom is 0.0406 e. The summed E-state index contributed by atoms with van der Waals surface area (Å²) in [7, 11) is 0. The summed E-state index contributed by atoms with van der Waals surface area (Å²) < 4.78 is 0. The van der Waals surface area contributed by atoms with Crippen LogP contribution in [0.4, 0.5) is 0 Å². The summed E-state index contributed by atoms with van der Waals surface area (Å²) in [5, 5.41) is 0.812. The Morgan fingerprint density at radius 2 is 1.81 bits per heavy atom. The Labute approximate surface area is 110 Å². The molecule has 1 aromatic carbocycles. The fraction of sp³-hybridized carbons (Fsp3) is 0.538. The fourth-order valence-electron chi connectivity index (χ4n) is 1.59. The highest BCUT2D eigenvalue weighted by Gasteiger charge is 1.99. The number of unbranched alkanes of at least 4 members (excludes halogenated alkanes) is 1. The second-order valence-corrected chi connectivity index (χ2v) is 4.48. The third-order valence-corrected chi connectivity index (χ3v) is 2.98. The number of rotatable bonds is 6. The topological polar surface area (TPSA) is 26.0 Å². The predicted molar refractivity (Wildman–Crippen MR) is 74.5 cm³/mol. The molecule has 0 spiro atoms. The van der Waals surface area contributed by atoms with Gasteiger partial charge in [0.15, 0.2) is 0 Å². The van der Waals surface area contributed by atoms with Gasteiger partial charge < -0.3 is 5.73 Å². The van der Waals surface area contributed by atoms with E-state index in [0.717, 1.165) is 24.3 Å². The SMILES string of the molecule is CCC(N)CCCCc1ccc(Cl)cc1.Cl. The van der Waals surface area contributed by atoms with Crippen molar-refractivity contribution in [1.82, 2.24) is 0 Å². The van der Waals surface area contributed by atoms with E-state index in [1.807, 2.05) is 12.1 Å². The second kappa shape index (κ2) is 8.86. The minimum atomic E-state index is 0. The summed E-state index contributed by atoms with van der Waals surface area (Å²) in [6.45, 7) is 2.14. The van der Waals surface area contributed by atoms with Gasteiger partial charge in [-0.1, -0.05) is 37.1 Å². The van der Waals surface area contributed by atoms with E-state index in [0.29, 0.717) is 6.04 Å². The molecule has 0 aromatic heterocycles. The van der Waals surface area contributed by atoms with Crippen molar-refractivity contribution in [2.75, 3.05) is 0 Å². The van der Waals surface area contributed by atoms with Gasteiger partial charge in [-0.05, 0) is 43.4 Å². The lowest BCUT2D eigenvalue weighted by molar-refractivity contribution is 0.551. The van der Waals surface area contributed by atoms with Gasteiger partial charge in [0.25, 0.3) is 0 Å². The predicted octanol–water partition coefficient (Wildman–Crippen LogP) is 4.21. The lowest BCUT2D eigenvalue weighted by Gasteiger charge is -2.07. The van der Waals surface area contributed by atoms with Gasteiger partial charge in [-0.3, -0.25) is 0 Å². The van der Waals surface area contributed by atoms with Gasteiger partial charge >= 0.3 is 0 Å². The summed E-state index contributed by atoms with van der Waals surface area (Å²) in [5.41, 5.74) is 7.22. The van der Waals surface area contributed by atoms with Crippen molar-refractivity contribution < 1.29 is 0 Å². The van der Waals surface area contributed by atoms with Crippen molar-refractivity contribution in [3.05, 3.63) is 34.9 Å². The Morgan fingerprint density at radius 3 is 2.38 bits per heavy atom. The van der Waals surface area contributed by atoms with Crippen LogP contribution in [0.15, 0.2) is 24.3 Å². The molecule has 1 unspecified atom stereocenters. The van der Waals surface area contributed by atoms with E-state index in [2.05, 4.69) is 19.1 Å². The van der Waals surface area contributed by atoms with Crippen LogP contribution in [0.1, 0.15) is 38.2 Å². The first kappa shape index (κ1) is 15.8. The largest absolute Gasteiger partial charge is 0.328 e. The van der Waals surface area contributed by atoms with Crippen LogP contribution in [0.5, 0.6) is 0 Å². The van der Waals surface area contributed by atoms with E-state index in [9.17, 15) is 0 Å². The van der Waals surface area contributed by atoms with Crippen molar-refractivity contribution >= 4 is 24.0 Å². The minimum absolute atomic E-state index is 0. The van der Waals surface area contributed by atoms with E-state index in [-0.39, 0.29) is 12.4 Å². The quantitative estimate of drug-likeness (QED) is 0.763. The summed E-state index contributed by atoms with van der Waals surface area (Å²) in [6.07, 6.45) is 5.80. The minimum Gasteiger partial charge on any atom is -0.328 e. The smallest absolute Gasteiger partial charge is 0.0406 e. The third-order valence-electron chi connectivity index (χ3n) is 2.73. The van der Waals surface area contributed by atoms with Gasteiger partial charge in [-0.2, -0.15) is 0 Å². The molecule has 1 nitrogen and oxygen atoms in total. The molecule has 0 saturated heterocycles. The van der Waals surface area contributed by atoms with Gasteiger partial charge in [0, 0.05) is 11.1 Å². The monoisotopic (exact) mass is 261 g/mol. The van der Waals surface area contributed by atoms with E-state index in [4.69, 9.17) is 17.3 Å². The standard InChI is InChI=1S/C13H20ClN.ClH/c1-2-13(15)6-4-3-5-11-7-9-12(14)10-8-11;/h7-10,13H,2-6,15H2,1H3;1H. The highest BCUT2D eigenvalue weighted by Crippen LogP contribution is 2.12. The first-order valence-electron chi connectivity index (χ1n) is 5.72. The zero-order valence-electron chi connectivity index (χ0n) is 9.79. The Hall–Kier alpha value is -0.240. The highest BCUT2D eigenvalue weighted by atomic mass is 35.5. The molecule has 0 bridgehead atoms. The lowest BCUT2D eigenvalue weighted by atomic mass is 10.0. The first-order chi connectivity index (χ1) is 7.22. The maximum absolute atomic E-state index is 5.85. The fourth-order valence-corrected chi connectivity index (χ4v) is 1.72. The molecule has 1 atom stereocenters. The van der Waals surface area contributed by atoms with Crippen LogP contribution in [0.2, 0.25) is 5.02 Å². The molecule has 0 aliphatic rings. The molecule has 0 amide bonds. The van der Waals surface area contributed by atoms with Crippen LogP contribution in [0, 0.1) is 0 Å². The average molecular weight is 262 g/mol. The molecular weight excluding hydrogens is 241 g/mol. The van der Waals surface area contributed by atoms with Crippen LogP contribution in [-0.4, -0.2) is 6.04 Å². The molecule has 0 radical (unpaired) electrons. The molecule has 3 heteroatoms. The highest BCUT2D eigenvalue weighted by molar-refractivity contribution is 6.30. The molecule has 1 aromatic rings. The summed E-state index contributed by atoms with van der Waals surface area (Å²) in [4.78, 5) is 0. The summed E-state index contributed by atoms with van der Waals surface area (Å²) in [6, 6.07) is 8.49. The number of halogens is 2. The molecule has 2 N–H and O–H groups in total. The molecule has 0 aliphatic carbocycles. The molecule has 0 fully saturated rings. The third kappa shape index (κ3) is 6.37. The van der Waals surface area contributed by atoms with E-state index in [1.165, 1.54) is 18.4 Å². The second-order valence-electron chi connectivity index (χ2n) is 4.04. The molecule has 1 rings (SSSR count). The zero-order valence-corrected chi connectivity index (χ0v) is 11.4. The number of hydrogen-bond acceptors (Lipinski definition) is 1. The Morgan fingerprint density at radius 1 is 1.19 bits per heavy atom. The Bertz CT molecular complexity index is 272. The van der Waals surface area contributed by atoms with Crippen LogP contribution in [-0.2, 0) is 6.42 Å². The molecule has 16 heavy (non-hydrogen) atoms. The molecule has 0 aliphatic heterocycles. The van der Waals surface area contributed by atoms with Crippen LogP contribution in [0.3, 0.4) is 0 Å². The maximum atomic E-state index is 5.85. The number of nitrogens with two attached hydrogens (primary N) is 1. The van der Waals surface area contributed by atoms with E-state index in [1.54, 1.807) is 0 Å². The van der Waals surface area contributed by atoms with Crippen LogP contribution in [0.25, 0.3) is 0 Å². The Kier molecular flexibility index (Phi) is 8.73. The average Bonchev–Trinajstić information content (AvgIpc) is 2.26. The van der Waals surface area contributed by atoms with Crippen molar-refractivity contribution in [2.45, 2.75) is 45.1 Å². The van der Waals surface area contributed by atoms with Gasteiger partial charge in [0.1, 0.15) is 0 Å². The van der Waals surface area contributed by atoms with Crippen LogP contribution >= 0.6 is 24.0 Å². The van der Waals surface area contributed by atoms with E-state index >= 15 is 0 Å².